The van der Waals surface area contributed by atoms with Crippen molar-refractivity contribution in [3.8, 4) is 11.8 Å². The van der Waals surface area contributed by atoms with Crippen molar-refractivity contribution in [3.63, 3.8) is 0 Å². The molecule has 0 N–H and O–H groups in total. The van der Waals surface area contributed by atoms with Crippen molar-refractivity contribution in [2.24, 2.45) is 5.92 Å². The van der Waals surface area contributed by atoms with Gasteiger partial charge < -0.3 is 0 Å². The van der Waals surface area contributed by atoms with Crippen LogP contribution in [0, 0.1) is 17.8 Å². The van der Waals surface area contributed by atoms with Gasteiger partial charge in [0.05, 0.1) is 10.9 Å². The van der Waals surface area contributed by atoms with Crippen LogP contribution in [0.25, 0.3) is 10.9 Å². The first kappa shape index (κ1) is 15.6. The average molecular weight is 329 g/mol. The average Bonchev–Trinajstić information content (AvgIpc) is 2.83. The van der Waals surface area contributed by atoms with Gasteiger partial charge in [0.15, 0.2) is 0 Å². The van der Waals surface area contributed by atoms with E-state index in [0.29, 0.717) is 11.3 Å². The molecule has 0 spiro atoms. The summed E-state index contributed by atoms with van der Waals surface area (Å²) in [6, 6.07) is 11.3. The molecule has 0 unspecified atom stereocenters. The highest BCUT2D eigenvalue weighted by atomic mass is 16.1. The third kappa shape index (κ3) is 3.18. The molecule has 1 aliphatic heterocycles. The summed E-state index contributed by atoms with van der Waals surface area (Å²) >= 11 is 0. The quantitative estimate of drug-likeness (QED) is 0.595. The topological polar surface area (TPSA) is 47.8 Å². The third-order valence-electron chi connectivity index (χ3n) is 4.74. The molecule has 2 aromatic heterocycles. The second-order valence-corrected chi connectivity index (χ2v) is 6.61. The standard InChI is InChI=1S/C21H19N3O/c1-15-5-10-20-23-19-14-16(6-8-17-4-2-3-12-22-17)7-9-18(19)21(25)24(20)13-11-15/h2-4,7,9,12,14-15H,5,10-11,13H2,1H3/t15-/m0/s1. The Morgan fingerprint density at radius 2 is 2.08 bits per heavy atom. The maximum Gasteiger partial charge on any atom is 0.261 e. The Hall–Kier alpha value is -2.93. The minimum absolute atomic E-state index is 0.0679. The van der Waals surface area contributed by atoms with Crippen LogP contribution in [0.3, 0.4) is 0 Å². The van der Waals surface area contributed by atoms with E-state index in [4.69, 9.17) is 4.98 Å². The van der Waals surface area contributed by atoms with Crippen LogP contribution in [0.5, 0.6) is 0 Å². The van der Waals surface area contributed by atoms with Gasteiger partial charge in [0.2, 0.25) is 0 Å². The van der Waals surface area contributed by atoms with Gasteiger partial charge >= 0.3 is 0 Å². The van der Waals surface area contributed by atoms with Crippen LogP contribution >= 0.6 is 0 Å². The zero-order valence-electron chi connectivity index (χ0n) is 14.2. The molecule has 124 valence electrons. The van der Waals surface area contributed by atoms with Gasteiger partial charge in [-0.15, -0.1) is 0 Å². The van der Waals surface area contributed by atoms with Crippen molar-refractivity contribution in [3.05, 3.63) is 70.0 Å². The summed E-state index contributed by atoms with van der Waals surface area (Å²) < 4.78 is 1.85. The summed E-state index contributed by atoms with van der Waals surface area (Å²) in [5.74, 6) is 7.69. The molecule has 0 amide bonds. The molecule has 4 heteroatoms. The summed E-state index contributed by atoms with van der Waals surface area (Å²) in [5, 5.41) is 0.668. The zero-order chi connectivity index (χ0) is 17.2. The zero-order valence-corrected chi connectivity index (χ0v) is 14.2. The van der Waals surface area contributed by atoms with Crippen molar-refractivity contribution in [1.29, 1.82) is 0 Å². The molecule has 0 aliphatic carbocycles. The Morgan fingerprint density at radius 3 is 2.92 bits per heavy atom. The highest BCUT2D eigenvalue weighted by molar-refractivity contribution is 5.79. The summed E-state index contributed by atoms with van der Waals surface area (Å²) in [6.45, 7) is 3.00. The molecule has 1 atom stereocenters. The Bertz CT molecular complexity index is 1040. The molecule has 3 heterocycles. The van der Waals surface area contributed by atoms with E-state index in [0.717, 1.165) is 48.4 Å². The number of rotatable bonds is 0. The molecule has 25 heavy (non-hydrogen) atoms. The number of aryl methyl sites for hydroxylation is 1. The van der Waals surface area contributed by atoms with Gasteiger partial charge in [-0.25, -0.2) is 9.97 Å². The van der Waals surface area contributed by atoms with E-state index < -0.39 is 0 Å². The minimum Gasteiger partial charge on any atom is -0.296 e. The Morgan fingerprint density at radius 1 is 1.16 bits per heavy atom. The predicted octanol–water partition coefficient (Wildman–Crippen LogP) is 3.16. The molecular weight excluding hydrogens is 310 g/mol. The van der Waals surface area contributed by atoms with Crippen LogP contribution in [0.15, 0.2) is 47.4 Å². The number of nitrogens with zero attached hydrogens (tertiary/aromatic N) is 3. The number of fused-ring (bicyclic) bond motifs is 2. The van der Waals surface area contributed by atoms with Gasteiger partial charge in [-0.2, -0.15) is 0 Å². The first-order chi connectivity index (χ1) is 12.2. The van der Waals surface area contributed by atoms with E-state index >= 15 is 0 Å². The Balaban J connectivity index is 1.77. The molecule has 0 fully saturated rings. The summed E-state index contributed by atoms with van der Waals surface area (Å²) in [7, 11) is 0. The second kappa shape index (κ2) is 6.52. The van der Waals surface area contributed by atoms with Crippen LogP contribution in [-0.2, 0) is 13.0 Å². The fraction of sp³-hybridized carbons (Fsp3) is 0.286. The van der Waals surface area contributed by atoms with Gasteiger partial charge in [0.1, 0.15) is 11.5 Å². The molecule has 0 radical (unpaired) electrons. The lowest BCUT2D eigenvalue weighted by Crippen LogP contribution is -2.24. The maximum atomic E-state index is 12.8. The summed E-state index contributed by atoms with van der Waals surface area (Å²) in [6.07, 6.45) is 4.70. The van der Waals surface area contributed by atoms with Gasteiger partial charge in [0.25, 0.3) is 5.56 Å². The van der Waals surface area contributed by atoms with Crippen LogP contribution < -0.4 is 5.56 Å². The minimum atomic E-state index is 0.0679. The molecule has 4 nitrogen and oxygen atoms in total. The van der Waals surface area contributed by atoms with E-state index in [2.05, 4.69) is 23.7 Å². The highest BCUT2D eigenvalue weighted by Gasteiger charge is 2.16. The van der Waals surface area contributed by atoms with E-state index in [1.165, 1.54) is 0 Å². The summed E-state index contributed by atoms with van der Waals surface area (Å²) in [4.78, 5) is 21.8. The number of hydrogen-bond donors (Lipinski definition) is 0. The lowest BCUT2D eigenvalue weighted by molar-refractivity contribution is 0.484. The fourth-order valence-corrected chi connectivity index (χ4v) is 3.21. The Labute approximate surface area is 146 Å². The van der Waals surface area contributed by atoms with Crippen LogP contribution in [0.4, 0.5) is 0 Å². The molecule has 0 bridgehead atoms. The lowest BCUT2D eigenvalue weighted by Gasteiger charge is -2.10. The first-order valence-electron chi connectivity index (χ1n) is 8.67. The SMILES string of the molecule is C[C@H]1CCc2nc3cc(C#Cc4ccccn4)ccc3c(=O)n2CC1. The smallest absolute Gasteiger partial charge is 0.261 e. The second-order valence-electron chi connectivity index (χ2n) is 6.61. The number of pyridine rings is 1. The van der Waals surface area contributed by atoms with Gasteiger partial charge in [-0.1, -0.05) is 18.9 Å². The van der Waals surface area contributed by atoms with Crippen LogP contribution in [-0.4, -0.2) is 14.5 Å². The predicted molar refractivity (Wildman–Crippen MR) is 98.3 cm³/mol. The van der Waals surface area contributed by atoms with E-state index in [-0.39, 0.29) is 5.56 Å². The molecule has 4 rings (SSSR count). The number of benzene rings is 1. The lowest BCUT2D eigenvalue weighted by atomic mass is 10.0. The summed E-state index contributed by atoms with van der Waals surface area (Å²) in [5.41, 5.74) is 2.38. The molecule has 0 saturated carbocycles. The molecule has 0 saturated heterocycles. The normalized spacial score (nSPS) is 16.6. The van der Waals surface area contributed by atoms with Crippen LogP contribution in [0.2, 0.25) is 0 Å². The highest BCUT2D eigenvalue weighted by Crippen LogP contribution is 2.19. The molecular formula is C21H19N3O. The van der Waals surface area contributed by atoms with Crippen LogP contribution in [0.1, 0.15) is 36.8 Å². The largest absolute Gasteiger partial charge is 0.296 e. The van der Waals surface area contributed by atoms with Crippen molar-refractivity contribution in [1.82, 2.24) is 14.5 Å². The number of hydrogen-bond acceptors (Lipinski definition) is 3. The van der Waals surface area contributed by atoms with Crippen molar-refractivity contribution in [2.75, 3.05) is 0 Å². The third-order valence-corrected chi connectivity index (χ3v) is 4.74. The van der Waals surface area contributed by atoms with Gasteiger partial charge in [-0.3, -0.25) is 9.36 Å². The monoisotopic (exact) mass is 329 g/mol. The van der Waals surface area contributed by atoms with E-state index in [1.807, 2.05) is 41.0 Å². The number of aromatic nitrogens is 3. The van der Waals surface area contributed by atoms with Crippen molar-refractivity contribution in [2.45, 2.75) is 32.7 Å². The van der Waals surface area contributed by atoms with Crippen molar-refractivity contribution >= 4 is 10.9 Å². The molecule has 3 aromatic rings. The van der Waals surface area contributed by atoms with Gasteiger partial charge in [-0.05, 0) is 55.0 Å². The van der Waals surface area contributed by atoms with E-state index in [9.17, 15) is 4.79 Å². The first-order valence-corrected chi connectivity index (χ1v) is 8.67. The van der Waals surface area contributed by atoms with Gasteiger partial charge in [0, 0.05) is 24.7 Å². The van der Waals surface area contributed by atoms with Crippen molar-refractivity contribution < 1.29 is 0 Å². The maximum absolute atomic E-state index is 12.8. The molecule has 1 aliphatic rings. The fourth-order valence-electron chi connectivity index (χ4n) is 3.21. The van der Waals surface area contributed by atoms with E-state index in [1.54, 1.807) is 6.20 Å². The Kier molecular flexibility index (Phi) is 4.07. The molecule has 1 aromatic carbocycles.